The molecule has 7 heteroatoms. The molecule has 0 aliphatic carbocycles. The van der Waals surface area contributed by atoms with Crippen molar-refractivity contribution in [3.8, 4) is 5.75 Å². The SMILES string of the molecule is CN1C(=O)CCCC[C@@H]2[C@@H]1CCN2CCOc1cccc(C(F)(F)F)c1. The molecular weight excluding hydrogens is 345 g/mol. The molecule has 0 radical (unpaired) electrons. The number of carbonyl (C=O) groups is 1. The summed E-state index contributed by atoms with van der Waals surface area (Å²) >= 11 is 0. The van der Waals surface area contributed by atoms with Crippen LogP contribution in [0.3, 0.4) is 0 Å². The number of amides is 1. The predicted molar refractivity (Wildman–Crippen MR) is 91.9 cm³/mol. The molecule has 0 spiro atoms. The Hall–Kier alpha value is -1.76. The van der Waals surface area contributed by atoms with Crippen molar-refractivity contribution in [2.75, 3.05) is 26.7 Å². The van der Waals surface area contributed by atoms with Gasteiger partial charge in [-0.15, -0.1) is 0 Å². The Labute approximate surface area is 151 Å². The van der Waals surface area contributed by atoms with Crippen molar-refractivity contribution in [1.82, 2.24) is 9.80 Å². The molecule has 0 bridgehead atoms. The third kappa shape index (κ3) is 4.31. The fourth-order valence-electron chi connectivity index (χ4n) is 4.04. The average Bonchev–Trinajstić information content (AvgIpc) is 2.98. The second kappa shape index (κ2) is 7.86. The van der Waals surface area contributed by atoms with Gasteiger partial charge in [0.15, 0.2) is 0 Å². The molecule has 1 aromatic rings. The van der Waals surface area contributed by atoms with Crippen LogP contribution in [0.25, 0.3) is 0 Å². The lowest BCUT2D eigenvalue weighted by Crippen LogP contribution is -2.47. The zero-order valence-corrected chi connectivity index (χ0v) is 15.0. The number of benzene rings is 1. The number of ether oxygens (including phenoxy) is 1. The van der Waals surface area contributed by atoms with Crippen molar-refractivity contribution < 1.29 is 22.7 Å². The van der Waals surface area contributed by atoms with Crippen LogP contribution >= 0.6 is 0 Å². The van der Waals surface area contributed by atoms with Crippen LogP contribution in [0, 0.1) is 0 Å². The van der Waals surface area contributed by atoms with Gasteiger partial charge in [-0.05, 0) is 37.5 Å². The summed E-state index contributed by atoms with van der Waals surface area (Å²) in [6.45, 7) is 1.88. The summed E-state index contributed by atoms with van der Waals surface area (Å²) in [6, 6.07) is 5.53. The molecule has 2 atom stereocenters. The Balaban J connectivity index is 1.56. The lowest BCUT2D eigenvalue weighted by Gasteiger charge is -2.35. The summed E-state index contributed by atoms with van der Waals surface area (Å²) in [5, 5.41) is 0. The summed E-state index contributed by atoms with van der Waals surface area (Å²) in [6.07, 6.45) is 0.199. The van der Waals surface area contributed by atoms with Crippen LogP contribution < -0.4 is 4.74 Å². The molecule has 144 valence electrons. The number of likely N-dealkylation sites (tertiary alicyclic amines) is 2. The molecule has 2 fully saturated rings. The van der Waals surface area contributed by atoms with Crippen molar-refractivity contribution >= 4 is 5.91 Å². The molecule has 0 N–H and O–H groups in total. The zero-order valence-electron chi connectivity index (χ0n) is 15.0. The minimum atomic E-state index is -4.36. The number of hydrogen-bond donors (Lipinski definition) is 0. The molecule has 0 unspecified atom stereocenters. The molecule has 2 saturated heterocycles. The van der Waals surface area contributed by atoms with E-state index in [1.54, 1.807) is 6.07 Å². The summed E-state index contributed by atoms with van der Waals surface area (Å²) < 4.78 is 43.9. The van der Waals surface area contributed by atoms with Gasteiger partial charge in [-0.1, -0.05) is 12.5 Å². The highest BCUT2D eigenvalue weighted by Gasteiger charge is 2.38. The Kier molecular flexibility index (Phi) is 5.75. The molecular formula is C19H25F3N2O2. The first-order valence-electron chi connectivity index (χ1n) is 9.16. The van der Waals surface area contributed by atoms with Gasteiger partial charge in [0.1, 0.15) is 12.4 Å². The van der Waals surface area contributed by atoms with E-state index in [9.17, 15) is 18.0 Å². The number of hydrogen-bond acceptors (Lipinski definition) is 3. The largest absolute Gasteiger partial charge is 0.492 e. The zero-order chi connectivity index (χ0) is 18.7. The van der Waals surface area contributed by atoms with Gasteiger partial charge in [0.25, 0.3) is 0 Å². The van der Waals surface area contributed by atoms with E-state index in [2.05, 4.69) is 4.90 Å². The molecule has 2 aliphatic heterocycles. The first kappa shape index (κ1) is 19.0. The van der Waals surface area contributed by atoms with E-state index in [0.29, 0.717) is 25.6 Å². The van der Waals surface area contributed by atoms with E-state index in [4.69, 9.17) is 4.74 Å². The lowest BCUT2D eigenvalue weighted by atomic mass is 9.97. The van der Waals surface area contributed by atoms with Crippen LogP contribution in [0.5, 0.6) is 5.75 Å². The number of likely N-dealkylation sites (N-methyl/N-ethyl adjacent to an activating group) is 1. The van der Waals surface area contributed by atoms with Crippen molar-refractivity contribution in [3.05, 3.63) is 29.8 Å². The number of rotatable bonds is 4. The molecule has 2 heterocycles. The highest BCUT2D eigenvalue weighted by atomic mass is 19.4. The highest BCUT2D eigenvalue weighted by molar-refractivity contribution is 5.76. The molecule has 4 nitrogen and oxygen atoms in total. The minimum Gasteiger partial charge on any atom is -0.492 e. The molecule has 0 saturated carbocycles. The monoisotopic (exact) mass is 370 g/mol. The normalized spacial score (nSPS) is 24.9. The summed E-state index contributed by atoms with van der Waals surface area (Å²) in [4.78, 5) is 16.3. The second-order valence-corrected chi connectivity index (χ2v) is 7.08. The third-order valence-corrected chi connectivity index (χ3v) is 5.47. The molecule has 1 amide bonds. The Morgan fingerprint density at radius 1 is 1.19 bits per heavy atom. The molecule has 2 aliphatic rings. The van der Waals surface area contributed by atoms with Gasteiger partial charge in [0.05, 0.1) is 5.56 Å². The highest BCUT2D eigenvalue weighted by Crippen LogP contribution is 2.32. The van der Waals surface area contributed by atoms with Gasteiger partial charge < -0.3 is 9.64 Å². The van der Waals surface area contributed by atoms with Crippen LogP contribution in [-0.2, 0) is 11.0 Å². The van der Waals surface area contributed by atoms with Crippen molar-refractivity contribution in [2.24, 2.45) is 0 Å². The maximum absolute atomic E-state index is 12.8. The van der Waals surface area contributed by atoms with Crippen molar-refractivity contribution in [1.29, 1.82) is 0 Å². The molecule has 1 aromatic carbocycles. The van der Waals surface area contributed by atoms with E-state index in [0.717, 1.165) is 44.4 Å². The smallest absolute Gasteiger partial charge is 0.416 e. The molecule has 3 rings (SSSR count). The maximum Gasteiger partial charge on any atom is 0.416 e. The van der Waals surface area contributed by atoms with Gasteiger partial charge in [-0.25, -0.2) is 0 Å². The van der Waals surface area contributed by atoms with Gasteiger partial charge in [0, 0.05) is 38.6 Å². The van der Waals surface area contributed by atoms with Crippen LogP contribution in [0.15, 0.2) is 24.3 Å². The van der Waals surface area contributed by atoms with Crippen molar-refractivity contribution in [2.45, 2.75) is 50.4 Å². The van der Waals surface area contributed by atoms with Crippen LogP contribution in [0.1, 0.15) is 37.7 Å². The van der Waals surface area contributed by atoms with Crippen LogP contribution in [-0.4, -0.2) is 54.5 Å². The fourth-order valence-corrected chi connectivity index (χ4v) is 4.04. The second-order valence-electron chi connectivity index (χ2n) is 7.08. The van der Waals surface area contributed by atoms with Crippen LogP contribution in [0.2, 0.25) is 0 Å². The quantitative estimate of drug-likeness (QED) is 0.813. The summed E-state index contributed by atoms with van der Waals surface area (Å²) in [5.74, 6) is 0.447. The number of halogens is 3. The van der Waals surface area contributed by atoms with Crippen molar-refractivity contribution in [3.63, 3.8) is 0 Å². The molecule has 0 aromatic heterocycles. The Bertz CT molecular complexity index is 635. The average molecular weight is 370 g/mol. The predicted octanol–water partition coefficient (Wildman–Crippen LogP) is 3.56. The maximum atomic E-state index is 12.8. The fraction of sp³-hybridized carbons (Fsp3) is 0.632. The lowest BCUT2D eigenvalue weighted by molar-refractivity contribution is -0.137. The molecule has 26 heavy (non-hydrogen) atoms. The minimum absolute atomic E-state index is 0.210. The van der Waals surface area contributed by atoms with Gasteiger partial charge in [-0.2, -0.15) is 13.2 Å². The van der Waals surface area contributed by atoms with Gasteiger partial charge in [0.2, 0.25) is 5.91 Å². The van der Waals surface area contributed by atoms with E-state index in [-0.39, 0.29) is 17.7 Å². The van der Waals surface area contributed by atoms with E-state index in [1.165, 1.54) is 6.07 Å². The summed E-state index contributed by atoms with van der Waals surface area (Å²) in [5.41, 5.74) is -0.698. The third-order valence-electron chi connectivity index (χ3n) is 5.47. The van der Waals surface area contributed by atoms with E-state index in [1.807, 2.05) is 11.9 Å². The Morgan fingerprint density at radius 2 is 2.00 bits per heavy atom. The number of fused-ring (bicyclic) bond motifs is 1. The number of alkyl halides is 3. The van der Waals surface area contributed by atoms with Crippen LogP contribution in [0.4, 0.5) is 13.2 Å². The number of carbonyl (C=O) groups excluding carboxylic acids is 1. The Morgan fingerprint density at radius 3 is 2.77 bits per heavy atom. The standard InChI is InChI=1S/C19H25F3N2O2/c1-23-16-9-10-24(17(16)7-2-3-8-18(23)25)11-12-26-15-6-4-5-14(13-15)19(20,21)22/h4-6,13,16-17H,2-3,7-12H2,1H3/t16-,17+/m0/s1. The van der Waals surface area contributed by atoms with Gasteiger partial charge >= 0.3 is 6.18 Å². The van der Waals surface area contributed by atoms with Gasteiger partial charge in [-0.3, -0.25) is 9.69 Å². The summed E-state index contributed by atoms with van der Waals surface area (Å²) in [7, 11) is 1.88. The first-order chi connectivity index (χ1) is 12.4. The van der Waals surface area contributed by atoms with E-state index < -0.39 is 11.7 Å². The topological polar surface area (TPSA) is 32.8 Å². The number of nitrogens with zero attached hydrogens (tertiary/aromatic N) is 2. The first-order valence-corrected chi connectivity index (χ1v) is 9.16. The van der Waals surface area contributed by atoms with E-state index >= 15 is 0 Å².